The Labute approximate surface area is 92.7 Å². The van der Waals surface area contributed by atoms with E-state index < -0.39 is 9.84 Å². The molecule has 5 heteroatoms. The van der Waals surface area contributed by atoms with Crippen LogP contribution in [0.2, 0.25) is 0 Å². The van der Waals surface area contributed by atoms with Crippen molar-refractivity contribution in [3.05, 3.63) is 0 Å². The van der Waals surface area contributed by atoms with Gasteiger partial charge in [0, 0.05) is 18.8 Å². The van der Waals surface area contributed by atoms with E-state index >= 15 is 0 Å². The van der Waals surface area contributed by atoms with Crippen molar-refractivity contribution in [2.45, 2.75) is 25.3 Å². The zero-order valence-electron chi connectivity index (χ0n) is 9.65. The molecular formula is C10H22N2O2S. The van der Waals surface area contributed by atoms with Crippen molar-refractivity contribution >= 4 is 9.84 Å². The first-order valence-corrected chi connectivity index (χ1v) is 7.56. The van der Waals surface area contributed by atoms with Crippen molar-refractivity contribution in [2.24, 2.45) is 11.7 Å². The lowest BCUT2D eigenvalue weighted by atomic mass is 10.1. The average molecular weight is 234 g/mol. The van der Waals surface area contributed by atoms with Gasteiger partial charge < -0.3 is 10.6 Å². The molecule has 0 radical (unpaired) electrons. The molecule has 0 aromatic rings. The summed E-state index contributed by atoms with van der Waals surface area (Å²) in [6.07, 6.45) is 4.80. The van der Waals surface area contributed by atoms with Crippen LogP contribution in [-0.2, 0) is 9.84 Å². The third kappa shape index (κ3) is 6.12. The van der Waals surface area contributed by atoms with Crippen LogP contribution in [0.1, 0.15) is 19.3 Å². The Balaban J connectivity index is 2.09. The lowest BCUT2D eigenvalue weighted by Gasteiger charge is -2.18. The van der Waals surface area contributed by atoms with E-state index in [2.05, 4.69) is 0 Å². The summed E-state index contributed by atoms with van der Waals surface area (Å²) in [6, 6.07) is 0.311. The Bertz CT molecular complexity index is 286. The van der Waals surface area contributed by atoms with Gasteiger partial charge in [-0.1, -0.05) is 0 Å². The minimum atomic E-state index is -2.83. The molecule has 1 fully saturated rings. The molecule has 1 rings (SSSR count). The number of hydrogen-bond acceptors (Lipinski definition) is 4. The molecule has 1 aliphatic rings. The first-order chi connectivity index (χ1) is 6.88. The number of hydrogen-bond donors (Lipinski definition) is 1. The second kappa shape index (κ2) is 5.27. The maximum Gasteiger partial charge on any atom is 0.148 e. The van der Waals surface area contributed by atoms with Gasteiger partial charge in [0.15, 0.2) is 0 Å². The molecule has 4 nitrogen and oxygen atoms in total. The fraction of sp³-hybridized carbons (Fsp3) is 1.00. The highest BCUT2D eigenvalue weighted by atomic mass is 32.2. The molecule has 1 aliphatic carbocycles. The van der Waals surface area contributed by atoms with Gasteiger partial charge in [0.05, 0.1) is 5.75 Å². The summed E-state index contributed by atoms with van der Waals surface area (Å²) in [5.74, 6) is 0.968. The summed E-state index contributed by atoms with van der Waals surface area (Å²) in [5.41, 5.74) is 5.96. The summed E-state index contributed by atoms with van der Waals surface area (Å²) in [6.45, 7) is 1.50. The molecule has 0 amide bonds. The molecule has 0 aromatic heterocycles. The zero-order valence-corrected chi connectivity index (χ0v) is 10.5. The molecule has 0 bridgehead atoms. The van der Waals surface area contributed by atoms with E-state index in [1.54, 1.807) is 0 Å². The molecule has 0 spiro atoms. The molecule has 0 aliphatic heterocycles. The Morgan fingerprint density at radius 2 is 2.00 bits per heavy atom. The fourth-order valence-corrected chi connectivity index (χ4v) is 2.21. The number of sulfone groups is 1. The molecule has 0 saturated heterocycles. The normalized spacial score (nSPS) is 19.5. The standard InChI is InChI=1S/C10H22N2O2S/c1-12(7-8-15(2,13)14)6-5-10(11)9-3-4-9/h9-10H,3-8,11H2,1-2H3. The average Bonchev–Trinajstić information content (AvgIpc) is 2.92. The Hall–Kier alpha value is -0.130. The van der Waals surface area contributed by atoms with Crippen LogP contribution >= 0.6 is 0 Å². The van der Waals surface area contributed by atoms with Crippen LogP contribution in [0.3, 0.4) is 0 Å². The second-order valence-electron chi connectivity index (χ2n) is 4.72. The molecule has 15 heavy (non-hydrogen) atoms. The smallest absolute Gasteiger partial charge is 0.148 e. The van der Waals surface area contributed by atoms with E-state index in [0.717, 1.165) is 18.9 Å². The van der Waals surface area contributed by atoms with Crippen LogP contribution < -0.4 is 5.73 Å². The predicted octanol–water partition coefficient (Wildman–Crippen LogP) is 0.0902. The first-order valence-electron chi connectivity index (χ1n) is 5.50. The topological polar surface area (TPSA) is 63.4 Å². The van der Waals surface area contributed by atoms with E-state index in [4.69, 9.17) is 5.73 Å². The molecule has 0 heterocycles. The van der Waals surface area contributed by atoms with Crippen molar-refractivity contribution in [3.63, 3.8) is 0 Å². The summed E-state index contributed by atoms with van der Waals surface area (Å²) in [7, 11) is -0.885. The van der Waals surface area contributed by atoms with Gasteiger partial charge in [-0.3, -0.25) is 0 Å². The van der Waals surface area contributed by atoms with Gasteiger partial charge in [-0.25, -0.2) is 8.42 Å². The van der Waals surface area contributed by atoms with Crippen molar-refractivity contribution in [3.8, 4) is 0 Å². The van der Waals surface area contributed by atoms with Gasteiger partial charge in [0.2, 0.25) is 0 Å². The summed E-state index contributed by atoms with van der Waals surface area (Å²) >= 11 is 0. The van der Waals surface area contributed by atoms with Crippen LogP contribution in [0, 0.1) is 5.92 Å². The Kier molecular flexibility index (Phi) is 4.55. The lowest BCUT2D eigenvalue weighted by molar-refractivity contribution is 0.328. The van der Waals surface area contributed by atoms with E-state index in [9.17, 15) is 8.42 Å². The highest BCUT2D eigenvalue weighted by molar-refractivity contribution is 7.90. The van der Waals surface area contributed by atoms with Crippen LogP contribution in [0.4, 0.5) is 0 Å². The summed E-state index contributed by atoms with van der Waals surface area (Å²) in [4.78, 5) is 2.04. The molecule has 1 atom stereocenters. The third-order valence-corrected chi connectivity index (χ3v) is 3.84. The molecular weight excluding hydrogens is 212 g/mol. The van der Waals surface area contributed by atoms with Crippen LogP contribution in [0.25, 0.3) is 0 Å². The molecule has 2 N–H and O–H groups in total. The predicted molar refractivity (Wildman–Crippen MR) is 62.5 cm³/mol. The van der Waals surface area contributed by atoms with Crippen LogP contribution in [0.15, 0.2) is 0 Å². The lowest BCUT2D eigenvalue weighted by Crippen LogP contribution is -2.32. The highest BCUT2D eigenvalue weighted by Crippen LogP contribution is 2.32. The van der Waals surface area contributed by atoms with Gasteiger partial charge in [-0.2, -0.15) is 0 Å². The SMILES string of the molecule is CN(CCC(N)C1CC1)CCS(C)(=O)=O. The van der Waals surface area contributed by atoms with Crippen molar-refractivity contribution in [1.82, 2.24) is 4.90 Å². The van der Waals surface area contributed by atoms with Crippen molar-refractivity contribution < 1.29 is 8.42 Å². The second-order valence-corrected chi connectivity index (χ2v) is 6.98. The maximum absolute atomic E-state index is 10.9. The van der Waals surface area contributed by atoms with Gasteiger partial charge in [-0.05, 0) is 38.8 Å². The van der Waals surface area contributed by atoms with Gasteiger partial charge in [0.25, 0.3) is 0 Å². The first kappa shape index (κ1) is 12.9. The van der Waals surface area contributed by atoms with Gasteiger partial charge in [0.1, 0.15) is 9.84 Å². The van der Waals surface area contributed by atoms with E-state index in [1.165, 1.54) is 19.1 Å². The van der Waals surface area contributed by atoms with Gasteiger partial charge in [-0.15, -0.1) is 0 Å². The largest absolute Gasteiger partial charge is 0.327 e. The summed E-state index contributed by atoms with van der Waals surface area (Å²) < 4.78 is 21.9. The maximum atomic E-state index is 10.9. The Morgan fingerprint density at radius 3 is 2.47 bits per heavy atom. The number of nitrogens with two attached hydrogens (primary N) is 1. The van der Waals surface area contributed by atoms with E-state index in [-0.39, 0.29) is 5.75 Å². The Morgan fingerprint density at radius 1 is 1.40 bits per heavy atom. The van der Waals surface area contributed by atoms with Crippen LogP contribution in [0.5, 0.6) is 0 Å². The number of nitrogens with zero attached hydrogens (tertiary/aromatic N) is 1. The summed E-state index contributed by atoms with van der Waals surface area (Å²) in [5, 5.41) is 0. The minimum Gasteiger partial charge on any atom is -0.327 e. The highest BCUT2D eigenvalue weighted by Gasteiger charge is 2.28. The quantitative estimate of drug-likeness (QED) is 0.678. The van der Waals surface area contributed by atoms with Crippen molar-refractivity contribution in [1.29, 1.82) is 0 Å². The van der Waals surface area contributed by atoms with Crippen LogP contribution in [-0.4, -0.2) is 51.5 Å². The van der Waals surface area contributed by atoms with E-state index in [1.807, 2.05) is 11.9 Å². The fourth-order valence-electron chi connectivity index (χ4n) is 1.56. The molecule has 90 valence electrons. The third-order valence-electron chi connectivity index (χ3n) is 2.92. The zero-order chi connectivity index (χ0) is 11.5. The molecule has 0 aromatic carbocycles. The van der Waals surface area contributed by atoms with E-state index in [0.29, 0.717) is 12.6 Å². The monoisotopic (exact) mass is 234 g/mol. The number of rotatable bonds is 7. The van der Waals surface area contributed by atoms with Crippen molar-refractivity contribution in [2.75, 3.05) is 32.1 Å². The molecule has 1 saturated carbocycles. The minimum absolute atomic E-state index is 0.238. The molecule has 1 unspecified atom stereocenters. The van der Waals surface area contributed by atoms with Gasteiger partial charge >= 0.3 is 0 Å².